The summed E-state index contributed by atoms with van der Waals surface area (Å²) in [6.45, 7) is -1.04. The van der Waals surface area contributed by atoms with Crippen LogP contribution in [0, 0.1) is 5.92 Å². The zero-order valence-electron chi connectivity index (χ0n) is 15.8. The van der Waals surface area contributed by atoms with Gasteiger partial charge in [-0.3, -0.25) is 19.2 Å². The van der Waals surface area contributed by atoms with Crippen LogP contribution >= 0.6 is 0 Å². The largest absolute Gasteiger partial charge is 0.455 e. The Hall–Kier alpha value is -3.11. The number of likely N-dealkylation sites (N-methyl/N-ethyl adjacent to an activating group) is 1. The zero-order valence-corrected chi connectivity index (χ0v) is 15.8. The quantitative estimate of drug-likeness (QED) is 0.694. The van der Waals surface area contributed by atoms with E-state index in [0.717, 1.165) is 17.0 Å². The predicted octanol–water partition coefficient (Wildman–Crippen LogP) is 0.806. The molecule has 0 spiro atoms. The van der Waals surface area contributed by atoms with Gasteiger partial charge in [-0.1, -0.05) is 6.07 Å². The molecule has 29 heavy (non-hydrogen) atoms. The van der Waals surface area contributed by atoms with Crippen LogP contribution in [-0.2, 0) is 30.1 Å². The van der Waals surface area contributed by atoms with Gasteiger partial charge >= 0.3 is 12.1 Å². The van der Waals surface area contributed by atoms with Crippen molar-refractivity contribution in [2.24, 2.45) is 5.92 Å². The molecule has 3 amide bonds. The molecule has 1 heterocycles. The highest BCUT2D eigenvalue weighted by Crippen LogP contribution is 2.33. The Bertz CT molecular complexity index is 810. The summed E-state index contributed by atoms with van der Waals surface area (Å²) < 4.78 is 43.4. The molecule has 1 N–H and O–H groups in total. The van der Waals surface area contributed by atoms with Gasteiger partial charge in [0.15, 0.2) is 6.61 Å². The lowest BCUT2D eigenvalue weighted by molar-refractivity contribution is -0.152. The summed E-state index contributed by atoms with van der Waals surface area (Å²) in [5.41, 5.74) is -0.877. The van der Waals surface area contributed by atoms with Crippen molar-refractivity contribution in [2.75, 3.05) is 38.7 Å². The second kappa shape index (κ2) is 8.93. The van der Waals surface area contributed by atoms with Gasteiger partial charge in [0.1, 0.15) is 0 Å². The molecular weight excluding hydrogens is 395 g/mol. The van der Waals surface area contributed by atoms with Crippen LogP contribution in [0.25, 0.3) is 0 Å². The van der Waals surface area contributed by atoms with Crippen molar-refractivity contribution in [3.8, 4) is 0 Å². The monoisotopic (exact) mass is 415 g/mol. The van der Waals surface area contributed by atoms with Gasteiger partial charge in [0.05, 0.1) is 18.0 Å². The van der Waals surface area contributed by atoms with Crippen molar-refractivity contribution in [2.45, 2.75) is 12.6 Å². The van der Waals surface area contributed by atoms with Crippen LogP contribution in [0.5, 0.6) is 0 Å². The molecule has 0 unspecified atom stereocenters. The summed E-state index contributed by atoms with van der Waals surface area (Å²) >= 11 is 0. The number of nitrogens with one attached hydrogen (secondary N) is 1. The maximum atomic E-state index is 12.9. The number of hydrogen-bond acceptors (Lipinski definition) is 5. The molecule has 2 rings (SSSR count). The molecule has 1 saturated heterocycles. The molecule has 1 atom stereocenters. The zero-order chi connectivity index (χ0) is 21.8. The fraction of sp³-hybridized carbons (Fsp3) is 0.444. The van der Waals surface area contributed by atoms with Crippen molar-refractivity contribution < 1.29 is 37.1 Å². The lowest BCUT2D eigenvalue weighted by Gasteiger charge is -2.18. The van der Waals surface area contributed by atoms with Crippen molar-refractivity contribution >= 4 is 29.4 Å². The number of carbonyl (C=O) groups is 4. The second-order valence-corrected chi connectivity index (χ2v) is 6.63. The molecule has 1 aliphatic rings. The smallest absolute Gasteiger partial charge is 0.416 e. The molecule has 0 radical (unpaired) electrons. The Morgan fingerprint density at radius 2 is 1.97 bits per heavy atom. The van der Waals surface area contributed by atoms with Crippen LogP contribution in [0.4, 0.5) is 18.9 Å². The van der Waals surface area contributed by atoms with E-state index in [1.165, 1.54) is 31.1 Å². The minimum absolute atomic E-state index is 0.0278. The molecule has 1 aliphatic heterocycles. The number of nitrogens with zero attached hydrogens (tertiary/aromatic N) is 2. The van der Waals surface area contributed by atoms with Crippen molar-refractivity contribution in [1.29, 1.82) is 0 Å². The summed E-state index contributed by atoms with van der Waals surface area (Å²) in [5, 5.41) is 2.28. The maximum Gasteiger partial charge on any atom is 0.416 e. The van der Waals surface area contributed by atoms with Crippen molar-refractivity contribution in [3.63, 3.8) is 0 Å². The lowest BCUT2D eigenvalue weighted by atomic mass is 10.1. The summed E-state index contributed by atoms with van der Waals surface area (Å²) in [6.07, 6.45) is -4.80. The molecule has 0 aliphatic carbocycles. The number of rotatable bonds is 6. The topological polar surface area (TPSA) is 96.0 Å². The fourth-order valence-corrected chi connectivity index (χ4v) is 2.60. The lowest BCUT2D eigenvalue weighted by Crippen LogP contribution is -2.38. The van der Waals surface area contributed by atoms with E-state index in [4.69, 9.17) is 4.74 Å². The summed E-state index contributed by atoms with van der Waals surface area (Å²) in [7, 11) is 3.03. The first kappa shape index (κ1) is 22.2. The third-order valence-corrected chi connectivity index (χ3v) is 4.22. The highest BCUT2D eigenvalue weighted by molar-refractivity contribution is 5.99. The normalized spacial score (nSPS) is 16.5. The first-order valence-corrected chi connectivity index (χ1v) is 8.60. The van der Waals surface area contributed by atoms with Crippen molar-refractivity contribution in [1.82, 2.24) is 10.2 Å². The average molecular weight is 415 g/mol. The third-order valence-electron chi connectivity index (χ3n) is 4.22. The Morgan fingerprint density at radius 3 is 2.59 bits per heavy atom. The Balaban J connectivity index is 1.90. The van der Waals surface area contributed by atoms with Gasteiger partial charge in [-0.25, -0.2) is 0 Å². The Labute approximate surface area is 164 Å². The van der Waals surface area contributed by atoms with Crippen LogP contribution in [0.1, 0.15) is 12.0 Å². The summed E-state index contributed by atoms with van der Waals surface area (Å²) in [5.74, 6) is -3.28. The summed E-state index contributed by atoms with van der Waals surface area (Å²) in [4.78, 5) is 49.6. The van der Waals surface area contributed by atoms with Gasteiger partial charge in [-0.05, 0) is 18.2 Å². The molecule has 1 fully saturated rings. The fourth-order valence-electron chi connectivity index (χ4n) is 2.60. The molecule has 11 heteroatoms. The van der Waals surface area contributed by atoms with Gasteiger partial charge < -0.3 is 19.9 Å². The number of hydrogen-bond donors (Lipinski definition) is 1. The molecule has 1 aromatic rings. The number of anilines is 1. The average Bonchev–Trinajstić information content (AvgIpc) is 3.05. The molecule has 0 aromatic heterocycles. The van der Waals surface area contributed by atoms with E-state index in [1.807, 2.05) is 0 Å². The van der Waals surface area contributed by atoms with E-state index in [1.54, 1.807) is 0 Å². The van der Waals surface area contributed by atoms with Crippen LogP contribution in [0.2, 0.25) is 0 Å². The first-order chi connectivity index (χ1) is 13.5. The standard InChI is InChI=1S/C18H20F3N3O5/c1-23(2)16(27)8-22-14(25)10-29-17(28)11-6-15(26)24(9-11)13-5-3-4-12(7-13)18(19,20)21/h3-5,7,11H,6,8-10H2,1-2H3,(H,22,25)/t11-/m0/s1. The number of ether oxygens (including phenoxy) is 1. The first-order valence-electron chi connectivity index (χ1n) is 8.60. The molecule has 1 aromatic carbocycles. The predicted molar refractivity (Wildman–Crippen MR) is 94.6 cm³/mol. The number of carbonyl (C=O) groups excluding carboxylic acids is 4. The SMILES string of the molecule is CN(C)C(=O)CNC(=O)COC(=O)[C@H]1CC(=O)N(c2cccc(C(F)(F)F)c2)C1. The number of halogens is 3. The van der Waals surface area contributed by atoms with Gasteiger partial charge in [0.2, 0.25) is 11.8 Å². The highest BCUT2D eigenvalue weighted by atomic mass is 19.4. The van der Waals surface area contributed by atoms with Crippen LogP contribution in [-0.4, -0.2) is 62.4 Å². The van der Waals surface area contributed by atoms with Gasteiger partial charge in [0, 0.05) is 32.7 Å². The van der Waals surface area contributed by atoms with Crippen LogP contribution in [0.15, 0.2) is 24.3 Å². The molecular formula is C18H20F3N3O5. The molecule has 158 valence electrons. The maximum absolute atomic E-state index is 12.9. The molecule has 0 bridgehead atoms. The Morgan fingerprint density at radius 1 is 1.28 bits per heavy atom. The minimum Gasteiger partial charge on any atom is -0.455 e. The minimum atomic E-state index is -4.56. The van der Waals surface area contributed by atoms with Gasteiger partial charge in [-0.15, -0.1) is 0 Å². The van der Waals surface area contributed by atoms with E-state index in [0.29, 0.717) is 0 Å². The second-order valence-electron chi connectivity index (χ2n) is 6.63. The molecule has 0 saturated carbocycles. The van der Waals surface area contributed by atoms with E-state index in [9.17, 15) is 32.3 Å². The molecule has 8 nitrogen and oxygen atoms in total. The number of esters is 1. The van der Waals surface area contributed by atoms with E-state index < -0.39 is 42.0 Å². The number of benzene rings is 1. The Kier molecular flexibility index (Phi) is 6.83. The van der Waals surface area contributed by atoms with Crippen molar-refractivity contribution in [3.05, 3.63) is 29.8 Å². The van der Waals surface area contributed by atoms with E-state index in [-0.39, 0.29) is 31.1 Å². The van der Waals surface area contributed by atoms with Crippen LogP contribution in [0.3, 0.4) is 0 Å². The highest BCUT2D eigenvalue weighted by Gasteiger charge is 2.37. The van der Waals surface area contributed by atoms with E-state index >= 15 is 0 Å². The number of alkyl halides is 3. The van der Waals surface area contributed by atoms with Crippen LogP contribution < -0.4 is 10.2 Å². The third kappa shape index (κ3) is 5.93. The van der Waals surface area contributed by atoms with Gasteiger partial charge in [-0.2, -0.15) is 13.2 Å². The summed E-state index contributed by atoms with van der Waals surface area (Å²) in [6, 6.07) is 4.24. The van der Waals surface area contributed by atoms with E-state index in [2.05, 4.69) is 5.32 Å². The number of amides is 3. The van der Waals surface area contributed by atoms with Gasteiger partial charge in [0.25, 0.3) is 5.91 Å².